The summed E-state index contributed by atoms with van der Waals surface area (Å²) in [5, 5.41) is 9.98. The standard InChI is InChI=1S/C18H30O2/c1-9-20-16-14(17(3,4)5)10-13(12(2)19)11-15(16)18(6,7)8/h10-12,19H,9H2,1-8H3. The van der Waals surface area contributed by atoms with Crippen molar-refractivity contribution < 1.29 is 9.84 Å². The summed E-state index contributed by atoms with van der Waals surface area (Å²) < 4.78 is 5.97. The lowest BCUT2D eigenvalue weighted by molar-refractivity contribution is 0.198. The van der Waals surface area contributed by atoms with E-state index in [1.807, 2.05) is 13.8 Å². The number of hydrogen-bond donors (Lipinski definition) is 1. The number of aliphatic hydroxyl groups excluding tert-OH is 1. The van der Waals surface area contributed by atoms with E-state index in [1.54, 1.807) is 0 Å². The topological polar surface area (TPSA) is 29.5 Å². The van der Waals surface area contributed by atoms with E-state index < -0.39 is 6.10 Å². The second-order valence-corrected chi connectivity index (χ2v) is 7.55. The van der Waals surface area contributed by atoms with Crippen LogP contribution in [0.4, 0.5) is 0 Å². The fraction of sp³-hybridized carbons (Fsp3) is 0.667. The SMILES string of the molecule is CCOc1c(C(C)(C)C)cc(C(C)O)cc1C(C)(C)C. The van der Waals surface area contributed by atoms with Crippen molar-refractivity contribution in [2.24, 2.45) is 0 Å². The summed E-state index contributed by atoms with van der Waals surface area (Å²) in [6.07, 6.45) is -0.465. The van der Waals surface area contributed by atoms with Crippen LogP contribution >= 0.6 is 0 Å². The van der Waals surface area contributed by atoms with Gasteiger partial charge >= 0.3 is 0 Å². The Hall–Kier alpha value is -1.02. The summed E-state index contributed by atoms with van der Waals surface area (Å²) >= 11 is 0. The van der Waals surface area contributed by atoms with Crippen LogP contribution in [0.25, 0.3) is 0 Å². The molecule has 0 saturated heterocycles. The molecule has 0 aliphatic carbocycles. The van der Waals surface area contributed by atoms with Crippen LogP contribution in [-0.4, -0.2) is 11.7 Å². The molecule has 0 aliphatic heterocycles. The minimum absolute atomic E-state index is 0.0184. The zero-order valence-corrected chi connectivity index (χ0v) is 14.3. The van der Waals surface area contributed by atoms with Crippen LogP contribution < -0.4 is 4.74 Å². The normalized spacial score (nSPS) is 14.2. The van der Waals surface area contributed by atoms with Gasteiger partial charge in [0.05, 0.1) is 12.7 Å². The number of rotatable bonds is 3. The van der Waals surface area contributed by atoms with Gasteiger partial charge in [0.1, 0.15) is 5.75 Å². The summed E-state index contributed by atoms with van der Waals surface area (Å²) in [7, 11) is 0. The predicted octanol–water partition coefficient (Wildman–Crippen LogP) is 4.73. The molecule has 0 spiro atoms. The van der Waals surface area contributed by atoms with Crippen LogP contribution in [0.3, 0.4) is 0 Å². The second kappa shape index (κ2) is 5.77. The Morgan fingerprint density at radius 2 is 1.40 bits per heavy atom. The Kier molecular flexibility index (Phi) is 4.91. The molecule has 0 amide bonds. The van der Waals surface area contributed by atoms with Crippen LogP contribution in [0.1, 0.15) is 78.2 Å². The molecular formula is C18H30O2. The van der Waals surface area contributed by atoms with Gasteiger partial charge in [-0.2, -0.15) is 0 Å². The molecule has 1 N–H and O–H groups in total. The molecular weight excluding hydrogens is 248 g/mol. The fourth-order valence-corrected chi connectivity index (χ4v) is 2.31. The molecule has 0 saturated carbocycles. The molecule has 2 nitrogen and oxygen atoms in total. The summed E-state index contributed by atoms with van der Waals surface area (Å²) in [6.45, 7) is 17.6. The highest BCUT2D eigenvalue weighted by atomic mass is 16.5. The van der Waals surface area contributed by atoms with Gasteiger partial charge in [-0.05, 0) is 42.4 Å². The molecule has 1 aromatic carbocycles. The van der Waals surface area contributed by atoms with Gasteiger partial charge in [-0.1, -0.05) is 41.5 Å². The van der Waals surface area contributed by atoms with Crippen molar-refractivity contribution in [1.29, 1.82) is 0 Å². The number of aliphatic hydroxyl groups is 1. The van der Waals surface area contributed by atoms with Crippen LogP contribution in [-0.2, 0) is 10.8 Å². The maximum absolute atomic E-state index is 9.98. The van der Waals surface area contributed by atoms with Crippen molar-refractivity contribution in [1.82, 2.24) is 0 Å². The Morgan fingerprint density at radius 3 is 1.65 bits per heavy atom. The lowest BCUT2D eigenvalue weighted by Gasteiger charge is -2.31. The summed E-state index contributed by atoms with van der Waals surface area (Å²) in [4.78, 5) is 0. The van der Waals surface area contributed by atoms with Gasteiger partial charge < -0.3 is 9.84 Å². The quantitative estimate of drug-likeness (QED) is 0.866. The molecule has 0 aliphatic rings. The lowest BCUT2D eigenvalue weighted by Crippen LogP contribution is -2.20. The second-order valence-electron chi connectivity index (χ2n) is 7.55. The van der Waals surface area contributed by atoms with Crippen molar-refractivity contribution in [3.8, 4) is 5.75 Å². The van der Waals surface area contributed by atoms with Gasteiger partial charge in [-0.3, -0.25) is 0 Å². The molecule has 2 heteroatoms. The molecule has 0 heterocycles. The summed E-state index contributed by atoms with van der Waals surface area (Å²) in [5.41, 5.74) is 3.26. The smallest absolute Gasteiger partial charge is 0.126 e. The van der Waals surface area contributed by atoms with E-state index in [1.165, 1.54) is 11.1 Å². The average molecular weight is 278 g/mol. The minimum Gasteiger partial charge on any atom is -0.493 e. The Balaban J connectivity index is 3.67. The van der Waals surface area contributed by atoms with E-state index in [0.717, 1.165) is 11.3 Å². The maximum Gasteiger partial charge on any atom is 0.126 e. The monoisotopic (exact) mass is 278 g/mol. The molecule has 0 radical (unpaired) electrons. The number of ether oxygens (including phenoxy) is 1. The van der Waals surface area contributed by atoms with Crippen molar-refractivity contribution >= 4 is 0 Å². The average Bonchev–Trinajstić information content (AvgIpc) is 2.26. The van der Waals surface area contributed by atoms with E-state index in [4.69, 9.17) is 4.74 Å². The third-order valence-electron chi connectivity index (χ3n) is 3.50. The zero-order valence-electron chi connectivity index (χ0n) is 14.3. The Labute approximate surface area is 124 Å². The molecule has 0 aromatic heterocycles. The fourth-order valence-electron chi connectivity index (χ4n) is 2.31. The van der Waals surface area contributed by atoms with Crippen LogP contribution in [0.15, 0.2) is 12.1 Å². The number of hydrogen-bond acceptors (Lipinski definition) is 2. The van der Waals surface area contributed by atoms with E-state index in [-0.39, 0.29) is 10.8 Å². The molecule has 1 aromatic rings. The highest BCUT2D eigenvalue weighted by molar-refractivity contribution is 5.51. The van der Waals surface area contributed by atoms with Crippen molar-refractivity contribution in [3.05, 3.63) is 28.8 Å². The first-order valence-electron chi connectivity index (χ1n) is 7.48. The first kappa shape index (κ1) is 17.0. The highest BCUT2D eigenvalue weighted by Crippen LogP contribution is 2.41. The van der Waals surface area contributed by atoms with Crippen LogP contribution in [0.2, 0.25) is 0 Å². The number of benzene rings is 1. The van der Waals surface area contributed by atoms with Gasteiger partial charge in [0, 0.05) is 11.1 Å². The van der Waals surface area contributed by atoms with E-state index in [2.05, 4.69) is 53.7 Å². The summed E-state index contributed by atoms with van der Waals surface area (Å²) in [5.74, 6) is 0.983. The van der Waals surface area contributed by atoms with Gasteiger partial charge in [0.15, 0.2) is 0 Å². The molecule has 1 unspecified atom stereocenters. The van der Waals surface area contributed by atoms with Crippen LogP contribution in [0.5, 0.6) is 5.75 Å². The van der Waals surface area contributed by atoms with E-state index in [9.17, 15) is 5.11 Å². The molecule has 0 bridgehead atoms. The minimum atomic E-state index is -0.465. The third kappa shape index (κ3) is 3.76. The predicted molar refractivity (Wildman–Crippen MR) is 85.6 cm³/mol. The van der Waals surface area contributed by atoms with E-state index >= 15 is 0 Å². The largest absolute Gasteiger partial charge is 0.493 e. The molecule has 114 valence electrons. The van der Waals surface area contributed by atoms with Crippen molar-refractivity contribution in [3.63, 3.8) is 0 Å². The first-order valence-corrected chi connectivity index (χ1v) is 7.48. The van der Waals surface area contributed by atoms with Gasteiger partial charge in [0.2, 0.25) is 0 Å². The van der Waals surface area contributed by atoms with Gasteiger partial charge in [-0.15, -0.1) is 0 Å². The lowest BCUT2D eigenvalue weighted by atomic mass is 9.78. The highest BCUT2D eigenvalue weighted by Gasteiger charge is 2.28. The van der Waals surface area contributed by atoms with Crippen LogP contribution in [0, 0.1) is 0 Å². The van der Waals surface area contributed by atoms with Gasteiger partial charge in [-0.25, -0.2) is 0 Å². The maximum atomic E-state index is 9.98. The Bertz CT molecular complexity index is 424. The van der Waals surface area contributed by atoms with Gasteiger partial charge in [0.25, 0.3) is 0 Å². The summed E-state index contributed by atoms with van der Waals surface area (Å²) in [6, 6.07) is 4.18. The van der Waals surface area contributed by atoms with Crippen molar-refractivity contribution in [2.75, 3.05) is 6.61 Å². The zero-order chi connectivity index (χ0) is 15.7. The van der Waals surface area contributed by atoms with Crippen molar-refractivity contribution in [2.45, 2.75) is 72.3 Å². The Morgan fingerprint density at radius 1 is 1.00 bits per heavy atom. The molecule has 20 heavy (non-hydrogen) atoms. The van der Waals surface area contributed by atoms with E-state index in [0.29, 0.717) is 6.61 Å². The molecule has 1 atom stereocenters. The molecule has 1 rings (SSSR count). The molecule has 0 fully saturated rings. The third-order valence-corrected chi connectivity index (χ3v) is 3.50. The first-order chi connectivity index (χ1) is 8.98.